The fourth-order valence-electron chi connectivity index (χ4n) is 5.54. The molecular weight excluding hydrogens is 728 g/mol. The Balaban J connectivity index is 0.000000137. The van der Waals surface area contributed by atoms with Gasteiger partial charge in [0.25, 0.3) is 0 Å². The van der Waals surface area contributed by atoms with Gasteiger partial charge in [-0.15, -0.1) is 0 Å². The first-order valence-corrected chi connectivity index (χ1v) is 17.5. The second-order valence-electron chi connectivity index (χ2n) is 8.77. The van der Waals surface area contributed by atoms with Crippen molar-refractivity contribution in [2.75, 3.05) is 0 Å². The van der Waals surface area contributed by atoms with Gasteiger partial charge in [0.1, 0.15) is 0 Å². The first-order valence-electron chi connectivity index (χ1n) is 12.9. The molecule has 0 fully saturated rings. The lowest BCUT2D eigenvalue weighted by Crippen LogP contribution is -1.76. The van der Waals surface area contributed by atoms with Crippen LogP contribution >= 0.6 is 60.1 Å². The molecule has 4 heteroatoms. The van der Waals surface area contributed by atoms with E-state index in [9.17, 15) is 0 Å². The fraction of sp³-hybridized carbons (Fsp3) is 0.0588. The molecule has 8 rings (SSSR count). The predicted molar refractivity (Wildman–Crippen MR) is 181 cm³/mol. The minimum atomic E-state index is 0.500. The third-order valence-electron chi connectivity index (χ3n) is 6.96. The molecule has 2 aliphatic carbocycles. The molecule has 0 saturated heterocycles. The Bertz CT molecular complexity index is 1750. The maximum Gasteiger partial charge on any atom is 0.0254 e. The van der Waals surface area contributed by atoms with Crippen LogP contribution in [0.5, 0.6) is 0 Å². The largest absolute Gasteiger partial charge is 0.0683 e. The summed E-state index contributed by atoms with van der Waals surface area (Å²) in [5, 5.41) is 5.40. The molecule has 0 bridgehead atoms. The highest BCUT2D eigenvalue weighted by molar-refractivity contribution is 9.93. The Morgan fingerprint density at radius 3 is 1.61 bits per heavy atom. The third kappa shape index (κ3) is 4.60. The highest BCUT2D eigenvalue weighted by Crippen LogP contribution is 2.49. The van der Waals surface area contributed by atoms with E-state index in [4.69, 9.17) is 1.37 Å². The van der Waals surface area contributed by atoms with Gasteiger partial charge in [0.15, 0.2) is 0 Å². The van der Waals surface area contributed by atoms with Crippen LogP contribution in [0.1, 0.15) is 15.2 Å². The maximum absolute atomic E-state index is 6.21. The molecule has 0 radical (unpaired) electrons. The summed E-state index contributed by atoms with van der Waals surface area (Å²) in [6.07, 6.45) is 0. The molecule has 0 atom stereocenters. The van der Waals surface area contributed by atoms with Crippen molar-refractivity contribution in [2.45, 2.75) is 13.8 Å². The van der Waals surface area contributed by atoms with E-state index >= 15 is 0 Å². The van der Waals surface area contributed by atoms with Crippen LogP contribution < -0.4 is 0 Å². The molecule has 2 aliphatic rings. The lowest BCUT2D eigenvalue weighted by Gasteiger charge is -2.03. The average Bonchev–Trinajstić information content (AvgIpc) is 3.48. The number of fused-ring (bicyclic) bond motifs is 6. The maximum atomic E-state index is 6.21. The molecule has 6 aromatic carbocycles. The van der Waals surface area contributed by atoms with Gasteiger partial charge in [0, 0.05) is 38.6 Å². The number of benzene rings is 6. The van der Waals surface area contributed by atoms with E-state index in [1.165, 1.54) is 66.1 Å². The molecule has 0 spiro atoms. The zero-order valence-electron chi connectivity index (χ0n) is 21.6. The van der Waals surface area contributed by atoms with Crippen LogP contribution in [0.15, 0.2) is 118 Å². The van der Waals surface area contributed by atoms with E-state index in [1.54, 1.807) is 6.92 Å². The van der Waals surface area contributed by atoms with Crippen LogP contribution in [0.3, 0.4) is 0 Å². The molecule has 0 saturated carbocycles. The van der Waals surface area contributed by atoms with Crippen molar-refractivity contribution in [1.82, 2.24) is 0 Å². The van der Waals surface area contributed by atoms with Crippen molar-refractivity contribution >= 4 is 81.7 Å². The lowest BCUT2D eigenvalue weighted by molar-refractivity contribution is 1.50. The smallest absolute Gasteiger partial charge is 0.0254 e. The summed E-state index contributed by atoms with van der Waals surface area (Å²) in [6, 6.07) is 39.1. The van der Waals surface area contributed by atoms with Gasteiger partial charge >= 0.3 is 0 Å². The molecule has 0 aliphatic heterocycles. The highest BCUT2D eigenvalue weighted by Gasteiger charge is 2.22. The van der Waals surface area contributed by atoms with Gasteiger partial charge in [-0.25, -0.2) is 0 Å². The Kier molecular flexibility index (Phi) is 8.13. The van der Waals surface area contributed by atoms with Gasteiger partial charge in [-0.2, -0.15) is 0 Å². The average molecular weight is 753 g/mol. The van der Waals surface area contributed by atoms with Gasteiger partial charge in [-0.3, -0.25) is 0 Å². The summed E-state index contributed by atoms with van der Waals surface area (Å²) < 4.78 is 8.50. The van der Waals surface area contributed by atoms with Crippen molar-refractivity contribution in [3.63, 3.8) is 0 Å². The first kappa shape index (κ1) is 26.0. The molecule has 38 heavy (non-hydrogen) atoms. The van der Waals surface area contributed by atoms with Crippen LogP contribution in [-0.2, 0) is 0 Å². The molecule has 0 amide bonds. The van der Waals surface area contributed by atoms with E-state index in [0.29, 0.717) is 6.90 Å². The second-order valence-corrected chi connectivity index (χ2v) is 10.5. The van der Waals surface area contributed by atoms with Crippen molar-refractivity contribution in [1.29, 1.82) is 0 Å². The van der Waals surface area contributed by atoms with Crippen LogP contribution in [0.4, 0.5) is 0 Å². The third-order valence-corrected chi connectivity index (χ3v) is 8.15. The monoisotopic (exact) mass is 749 g/mol. The molecule has 6 aromatic rings. The molecular formula is C34H24Br4. The van der Waals surface area contributed by atoms with Crippen LogP contribution in [0, 0.1) is 0 Å². The zero-order chi connectivity index (χ0) is 27.5. The van der Waals surface area contributed by atoms with E-state index in [1.807, 2.05) is 0 Å². The normalized spacial score (nSPS) is 11.2. The Morgan fingerprint density at radius 2 is 0.974 bits per heavy atom. The van der Waals surface area contributed by atoms with Gasteiger partial charge < -0.3 is 0 Å². The van der Waals surface area contributed by atoms with Gasteiger partial charge in [-0.05, 0) is 84.3 Å². The fourth-order valence-corrected chi connectivity index (χ4v) is 6.36. The number of halogens is 4. The van der Waals surface area contributed by atoms with E-state index < -0.39 is 0 Å². The highest BCUT2D eigenvalue weighted by atomic mass is 80.9. The van der Waals surface area contributed by atoms with E-state index in [2.05, 4.69) is 169 Å². The molecule has 0 heterocycles. The molecule has 0 aromatic heterocycles. The van der Waals surface area contributed by atoms with Crippen LogP contribution in [0.2, 0.25) is 0 Å². The first-order chi connectivity index (χ1) is 19.1. The van der Waals surface area contributed by atoms with Gasteiger partial charge in [0.05, 0.1) is 0 Å². The summed E-state index contributed by atoms with van der Waals surface area (Å²) in [6.45, 7) is 2.29. The lowest BCUT2D eigenvalue weighted by atomic mass is 10.0. The van der Waals surface area contributed by atoms with Gasteiger partial charge in [0.2, 0.25) is 0 Å². The SMILES string of the molecule is BrBr.Brc1ccc2c(c1)-c1cccc3c(Br)ccc-2c13.[2H]CC.c1ccc2c(c1)-c1cccc3cccc-2c13. The van der Waals surface area contributed by atoms with E-state index in [0.717, 1.165) is 8.95 Å². The van der Waals surface area contributed by atoms with Crippen LogP contribution in [-0.4, -0.2) is 0 Å². The van der Waals surface area contributed by atoms with Crippen molar-refractivity contribution < 1.29 is 1.37 Å². The number of hydrogen-bond donors (Lipinski definition) is 0. The topological polar surface area (TPSA) is 0 Å². The number of hydrogen-bond acceptors (Lipinski definition) is 0. The molecule has 0 unspecified atom stereocenters. The standard InChI is InChI=1S/C16H8Br2.C16H10.C2H6.Br2/c17-9-4-5-10-12-6-7-15(18)13-3-1-2-11(16(12)13)14(10)8-9;1-2-8-13-12(7-1)14-9-3-5-11-6-4-10-15(13)16(11)14;2*1-2/h1-8H;1-10H;1-2H3;/i;;1D;. The molecule has 188 valence electrons. The van der Waals surface area contributed by atoms with E-state index in [-0.39, 0.29) is 0 Å². The van der Waals surface area contributed by atoms with Crippen LogP contribution in [0.25, 0.3) is 66.1 Å². The van der Waals surface area contributed by atoms with Gasteiger partial charge in [-0.1, -0.05) is 137 Å². The van der Waals surface area contributed by atoms with Crippen molar-refractivity contribution in [3.05, 3.63) is 118 Å². The summed E-state index contributed by atoms with van der Waals surface area (Å²) >= 11 is 12.7. The molecule has 0 nitrogen and oxygen atoms in total. The Morgan fingerprint density at radius 1 is 0.500 bits per heavy atom. The quantitative estimate of drug-likeness (QED) is 0.145. The van der Waals surface area contributed by atoms with Crippen molar-refractivity contribution in [3.8, 4) is 44.5 Å². The summed E-state index contributed by atoms with van der Waals surface area (Å²) in [7, 11) is 0. The Labute approximate surface area is 257 Å². The minimum Gasteiger partial charge on any atom is -0.0683 e. The molecule has 0 N–H and O–H groups in total. The predicted octanol–water partition coefficient (Wildman–Crippen LogP) is 13.2. The summed E-state index contributed by atoms with van der Waals surface area (Å²) in [4.78, 5) is 0. The van der Waals surface area contributed by atoms with Crippen molar-refractivity contribution in [2.24, 2.45) is 0 Å². The summed E-state index contributed by atoms with van der Waals surface area (Å²) in [5.41, 5.74) is 10.8. The number of rotatable bonds is 0. The minimum absolute atomic E-state index is 0.500. The zero-order valence-corrected chi connectivity index (χ0v) is 27.0. The second kappa shape index (κ2) is 11.9. The Hall–Kier alpha value is -2.24. The summed E-state index contributed by atoms with van der Waals surface area (Å²) in [5.74, 6) is 0.